The molecule has 0 spiro atoms. The second-order valence-corrected chi connectivity index (χ2v) is 3.27. The molecule has 0 rings (SSSR count). The lowest BCUT2D eigenvalue weighted by Crippen LogP contribution is -2.42. The number of nitrogens with two attached hydrogens (primary N) is 1. The lowest BCUT2D eigenvalue weighted by atomic mass is 10.2. The third-order valence-corrected chi connectivity index (χ3v) is 1.87. The molecule has 14 heavy (non-hydrogen) atoms. The van der Waals surface area contributed by atoms with E-state index in [4.69, 9.17) is 15.2 Å². The first-order valence-electron chi connectivity index (χ1n) is 4.65. The average molecular weight is 204 g/mol. The first-order valence-corrected chi connectivity index (χ1v) is 4.65. The van der Waals surface area contributed by atoms with E-state index < -0.39 is 6.10 Å². The first kappa shape index (κ1) is 13.4. The van der Waals surface area contributed by atoms with Crippen molar-refractivity contribution >= 4 is 5.91 Å². The number of carbonyl (C=O) groups is 1. The van der Waals surface area contributed by atoms with E-state index in [1.807, 2.05) is 6.92 Å². The summed E-state index contributed by atoms with van der Waals surface area (Å²) in [6, 6.07) is 0. The largest absolute Gasteiger partial charge is 0.384 e. The molecule has 0 aliphatic heterocycles. The summed E-state index contributed by atoms with van der Waals surface area (Å²) in [6.45, 7) is 3.39. The van der Waals surface area contributed by atoms with Gasteiger partial charge in [0.25, 0.3) is 0 Å². The number of amides is 1. The molecular formula is C9H20N2O3. The van der Waals surface area contributed by atoms with Gasteiger partial charge in [0, 0.05) is 27.3 Å². The Balaban J connectivity index is 3.71. The average Bonchev–Trinajstić information content (AvgIpc) is 2.17. The predicted molar refractivity (Wildman–Crippen MR) is 53.9 cm³/mol. The van der Waals surface area contributed by atoms with E-state index in [-0.39, 0.29) is 12.5 Å². The van der Waals surface area contributed by atoms with Crippen LogP contribution >= 0.6 is 0 Å². The van der Waals surface area contributed by atoms with Crippen molar-refractivity contribution in [1.82, 2.24) is 5.32 Å². The van der Waals surface area contributed by atoms with Gasteiger partial charge in [-0.3, -0.25) is 4.79 Å². The van der Waals surface area contributed by atoms with Gasteiger partial charge in [0.15, 0.2) is 0 Å². The first-order chi connectivity index (χ1) is 6.65. The van der Waals surface area contributed by atoms with Crippen LogP contribution in [0.5, 0.6) is 0 Å². The molecule has 0 heterocycles. The minimum absolute atomic E-state index is 0.169. The minimum Gasteiger partial charge on any atom is -0.384 e. The van der Waals surface area contributed by atoms with Gasteiger partial charge >= 0.3 is 0 Å². The molecule has 0 aromatic rings. The number of rotatable bonds is 7. The van der Waals surface area contributed by atoms with Gasteiger partial charge in [0.2, 0.25) is 5.91 Å². The summed E-state index contributed by atoms with van der Waals surface area (Å²) in [5.41, 5.74) is 5.34. The number of methoxy groups -OCH3 is 2. The molecule has 5 nitrogen and oxygen atoms in total. The number of hydrogen-bond acceptors (Lipinski definition) is 4. The maximum absolute atomic E-state index is 11.4. The highest BCUT2D eigenvalue weighted by Crippen LogP contribution is 1.93. The van der Waals surface area contributed by atoms with Crippen LogP contribution in [0.1, 0.15) is 6.92 Å². The Morgan fingerprint density at radius 2 is 2.14 bits per heavy atom. The molecule has 0 saturated heterocycles. The van der Waals surface area contributed by atoms with E-state index in [1.165, 1.54) is 7.11 Å². The molecule has 0 bridgehead atoms. The van der Waals surface area contributed by atoms with E-state index >= 15 is 0 Å². The van der Waals surface area contributed by atoms with Gasteiger partial charge in [-0.2, -0.15) is 0 Å². The summed E-state index contributed by atoms with van der Waals surface area (Å²) in [5.74, 6) is 0.122. The second kappa shape index (κ2) is 7.73. The van der Waals surface area contributed by atoms with Crippen molar-refractivity contribution in [2.75, 3.05) is 33.9 Å². The molecule has 0 fully saturated rings. The Morgan fingerprint density at radius 3 is 2.57 bits per heavy atom. The molecule has 5 heteroatoms. The van der Waals surface area contributed by atoms with Crippen LogP contribution in [0.3, 0.4) is 0 Å². The van der Waals surface area contributed by atoms with Gasteiger partial charge in [-0.05, 0) is 5.92 Å². The smallest absolute Gasteiger partial charge is 0.250 e. The Morgan fingerprint density at radius 1 is 1.50 bits per heavy atom. The second-order valence-electron chi connectivity index (χ2n) is 3.27. The van der Waals surface area contributed by atoms with E-state index in [1.54, 1.807) is 7.11 Å². The number of hydrogen-bond donors (Lipinski definition) is 2. The summed E-state index contributed by atoms with van der Waals surface area (Å²) in [5, 5.41) is 2.75. The maximum Gasteiger partial charge on any atom is 0.250 e. The topological polar surface area (TPSA) is 73.6 Å². The van der Waals surface area contributed by atoms with Crippen LogP contribution in [-0.2, 0) is 14.3 Å². The van der Waals surface area contributed by atoms with Crippen LogP contribution in [0.15, 0.2) is 0 Å². The summed E-state index contributed by atoms with van der Waals surface area (Å²) >= 11 is 0. The summed E-state index contributed by atoms with van der Waals surface area (Å²) in [7, 11) is 3.10. The predicted octanol–water partition coefficient (Wildman–Crippen LogP) is -0.641. The molecule has 2 atom stereocenters. The fourth-order valence-electron chi connectivity index (χ4n) is 1.04. The molecule has 0 aromatic heterocycles. The van der Waals surface area contributed by atoms with Crippen molar-refractivity contribution in [3.63, 3.8) is 0 Å². The Bertz CT molecular complexity index is 160. The quantitative estimate of drug-likeness (QED) is 0.578. The van der Waals surface area contributed by atoms with Crippen molar-refractivity contribution in [1.29, 1.82) is 0 Å². The Labute approximate surface area is 84.9 Å². The van der Waals surface area contributed by atoms with E-state index in [9.17, 15) is 4.79 Å². The zero-order chi connectivity index (χ0) is 11.0. The SMILES string of the molecule is COCC(C)CNC(=O)C(CN)OC. The summed E-state index contributed by atoms with van der Waals surface area (Å²) in [4.78, 5) is 11.4. The molecular weight excluding hydrogens is 184 g/mol. The van der Waals surface area contributed by atoms with Crippen LogP contribution in [0, 0.1) is 5.92 Å². The molecule has 0 aliphatic carbocycles. The highest BCUT2D eigenvalue weighted by Gasteiger charge is 2.15. The Kier molecular flexibility index (Phi) is 7.37. The Hall–Kier alpha value is -0.650. The van der Waals surface area contributed by atoms with Crippen LogP contribution in [0.2, 0.25) is 0 Å². The lowest BCUT2D eigenvalue weighted by Gasteiger charge is -2.15. The molecule has 2 unspecified atom stereocenters. The van der Waals surface area contributed by atoms with Crippen LogP contribution in [-0.4, -0.2) is 45.9 Å². The van der Waals surface area contributed by atoms with Crippen LogP contribution < -0.4 is 11.1 Å². The van der Waals surface area contributed by atoms with Gasteiger partial charge in [0.1, 0.15) is 6.10 Å². The van der Waals surface area contributed by atoms with Crippen LogP contribution in [0.25, 0.3) is 0 Å². The van der Waals surface area contributed by atoms with E-state index in [0.29, 0.717) is 19.1 Å². The van der Waals surface area contributed by atoms with Crippen molar-refractivity contribution in [3.8, 4) is 0 Å². The van der Waals surface area contributed by atoms with E-state index in [2.05, 4.69) is 5.32 Å². The third-order valence-electron chi connectivity index (χ3n) is 1.87. The molecule has 1 amide bonds. The molecule has 0 aromatic carbocycles. The highest BCUT2D eigenvalue weighted by molar-refractivity contribution is 5.80. The van der Waals surface area contributed by atoms with Crippen molar-refractivity contribution in [2.45, 2.75) is 13.0 Å². The fraction of sp³-hybridized carbons (Fsp3) is 0.889. The third kappa shape index (κ3) is 5.16. The molecule has 0 aliphatic rings. The van der Waals surface area contributed by atoms with Gasteiger partial charge < -0.3 is 20.5 Å². The monoisotopic (exact) mass is 204 g/mol. The zero-order valence-corrected chi connectivity index (χ0v) is 9.08. The molecule has 0 radical (unpaired) electrons. The molecule has 3 N–H and O–H groups in total. The summed E-state index contributed by atoms with van der Waals surface area (Å²) < 4.78 is 9.83. The highest BCUT2D eigenvalue weighted by atomic mass is 16.5. The van der Waals surface area contributed by atoms with Crippen molar-refractivity contribution in [3.05, 3.63) is 0 Å². The number of ether oxygens (including phenoxy) is 2. The van der Waals surface area contributed by atoms with Gasteiger partial charge in [-0.15, -0.1) is 0 Å². The van der Waals surface area contributed by atoms with Crippen molar-refractivity contribution in [2.24, 2.45) is 11.7 Å². The van der Waals surface area contributed by atoms with Crippen molar-refractivity contribution < 1.29 is 14.3 Å². The summed E-state index contributed by atoms with van der Waals surface area (Å²) in [6.07, 6.45) is -0.551. The molecule has 0 saturated carbocycles. The van der Waals surface area contributed by atoms with E-state index in [0.717, 1.165) is 0 Å². The van der Waals surface area contributed by atoms with Gasteiger partial charge in [0.05, 0.1) is 6.61 Å². The van der Waals surface area contributed by atoms with Crippen LogP contribution in [0.4, 0.5) is 0 Å². The number of nitrogens with one attached hydrogen (secondary N) is 1. The standard InChI is InChI=1S/C9H20N2O3/c1-7(6-13-2)5-11-9(12)8(4-10)14-3/h7-8H,4-6,10H2,1-3H3,(H,11,12). The number of carbonyl (C=O) groups excluding carboxylic acids is 1. The maximum atomic E-state index is 11.4. The minimum atomic E-state index is -0.551. The molecule has 84 valence electrons. The van der Waals surface area contributed by atoms with Gasteiger partial charge in [-0.1, -0.05) is 6.92 Å². The normalized spacial score (nSPS) is 14.9. The fourth-order valence-corrected chi connectivity index (χ4v) is 1.04. The zero-order valence-electron chi connectivity index (χ0n) is 9.08. The lowest BCUT2D eigenvalue weighted by molar-refractivity contribution is -0.130. The van der Waals surface area contributed by atoms with Gasteiger partial charge in [-0.25, -0.2) is 0 Å².